The highest BCUT2D eigenvalue weighted by Gasteiger charge is 2.35. The molecule has 0 saturated carbocycles. The maximum atomic E-state index is 11.9. The van der Waals surface area contributed by atoms with Crippen molar-refractivity contribution in [2.45, 2.75) is 37.8 Å². The van der Waals surface area contributed by atoms with E-state index in [-0.39, 0.29) is 18.1 Å². The summed E-state index contributed by atoms with van der Waals surface area (Å²) in [6.07, 6.45) is 5.61. The normalized spacial score (nSPS) is 27.1. The van der Waals surface area contributed by atoms with E-state index in [1.165, 1.54) is 30.6 Å². The van der Waals surface area contributed by atoms with Crippen molar-refractivity contribution >= 4 is 22.4 Å². The number of amides is 1. The number of anilines is 1. The van der Waals surface area contributed by atoms with Crippen LogP contribution in [0.5, 0.6) is 0 Å². The number of aromatic nitrogens is 1. The van der Waals surface area contributed by atoms with Gasteiger partial charge in [-0.15, -0.1) is 11.3 Å². The Morgan fingerprint density at radius 1 is 1.36 bits per heavy atom. The van der Waals surface area contributed by atoms with E-state index in [9.17, 15) is 9.90 Å². The van der Waals surface area contributed by atoms with Crippen LogP contribution in [-0.2, 0) is 4.79 Å². The molecule has 2 saturated heterocycles. The Hall–Kier alpha value is -1.02. The molecule has 2 fully saturated rings. The van der Waals surface area contributed by atoms with Crippen LogP contribution in [0.1, 0.15) is 25.7 Å². The summed E-state index contributed by atoms with van der Waals surface area (Å²) >= 11 is 1.43. The Balaban J connectivity index is 1.42. The molecule has 2 aliphatic heterocycles. The molecule has 0 radical (unpaired) electrons. The third-order valence-electron chi connectivity index (χ3n) is 4.53. The number of carbonyl (C=O) groups is 1. The molecular weight excluding hydrogens is 300 g/mol. The van der Waals surface area contributed by atoms with Crippen molar-refractivity contribution in [3.8, 4) is 0 Å². The van der Waals surface area contributed by atoms with Crippen molar-refractivity contribution in [1.29, 1.82) is 0 Å². The Labute approximate surface area is 135 Å². The van der Waals surface area contributed by atoms with Gasteiger partial charge in [-0.3, -0.25) is 14.6 Å². The number of aliphatic hydroxyl groups excluding tert-OH is 1. The van der Waals surface area contributed by atoms with Crippen molar-refractivity contribution in [2.24, 2.45) is 0 Å². The molecule has 2 atom stereocenters. The molecule has 22 heavy (non-hydrogen) atoms. The van der Waals surface area contributed by atoms with Crippen LogP contribution in [0.3, 0.4) is 0 Å². The van der Waals surface area contributed by atoms with Crippen LogP contribution in [0.4, 0.5) is 5.13 Å². The maximum Gasteiger partial charge on any atom is 0.227 e. The van der Waals surface area contributed by atoms with E-state index in [2.05, 4.69) is 20.1 Å². The number of carbonyl (C=O) groups excluding carboxylic acids is 1. The highest BCUT2D eigenvalue weighted by molar-refractivity contribution is 7.13. The number of likely N-dealkylation sites (tertiary alicyclic amines) is 2. The molecule has 3 rings (SSSR count). The first-order valence-electron chi connectivity index (χ1n) is 8.06. The predicted octanol–water partition coefficient (Wildman–Crippen LogP) is 1.00. The summed E-state index contributed by atoms with van der Waals surface area (Å²) in [5.41, 5.74) is 0. The fraction of sp³-hybridized carbons (Fsp3) is 0.733. The van der Waals surface area contributed by atoms with Crippen LogP contribution in [0.25, 0.3) is 0 Å². The van der Waals surface area contributed by atoms with Gasteiger partial charge in [0.2, 0.25) is 5.91 Å². The third-order valence-corrected chi connectivity index (χ3v) is 5.22. The van der Waals surface area contributed by atoms with E-state index >= 15 is 0 Å². The fourth-order valence-corrected chi connectivity index (χ4v) is 3.91. The van der Waals surface area contributed by atoms with E-state index in [1.807, 2.05) is 5.38 Å². The van der Waals surface area contributed by atoms with Crippen molar-refractivity contribution in [1.82, 2.24) is 14.8 Å². The van der Waals surface area contributed by atoms with E-state index in [1.54, 1.807) is 6.20 Å². The SMILES string of the molecule is O=C(CCN1C[C@@H](O)[C@H](N2CCCCC2)C1)Nc1nccs1. The number of nitrogens with one attached hydrogen (secondary N) is 1. The fourth-order valence-electron chi connectivity index (χ4n) is 3.36. The number of hydrogen-bond donors (Lipinski definition) is 2. The number of thiazole rings is 1. The average Bonchev–Trinajstić information content (AvgIpc) is 3.16. The van der Waals surface area contributed by atoms with Crippen LogP contribution in [0, 0.1) is 0 Å². The lowest BCUT2D eigenvalue weighted by Gasteiger charge is -2.33. The molecule has 3 heterocycles. The minimum atomic E-state index is -0.292. The Morgan fingerprint density at radius 2 is 2.18 bits per heavy atom. The van der Waals surface area contributed by atoms with Gasteiger partial charge in [-0.05, 0) is 25.9 Å². The maximum absolute atomic E-state index is 11.9. The van der Waals surface area contributed by atoms with Crippen LogP contribution in [0.2, 0.25) is 0 Å². The summed E-state index contributed by atoms with van der Waals surface area (Å²) in [7, 11) is 0. The van der Waals surface area contributed by atoms with Crippen molar-refractivity contribution in [3.63, 3.8) is 0 Å². The molecule has 2 N–H and O–H groups in total. The molecule has 0 bridgehead atoms. The molecule has 2 aliphatic rings. The van der Waals surface area contributed by atoms with Gasteiger partial charge in [-0.25, -0.2) is 4.98 Å². The lowest BCUT2D eigenvalue weighted by atomic mass is 10.1. The number of hydrogen-bond acceptors (Lipinski definition) is 6. The predicted molar refractivity (Wildman–Crippen MR) is 87.0 cm³/mol. The summed E-state index contributed by atoms with van der Waals surface area (Å²) < 4.78 is 0. The Morgan fingerprint density at radius 3 is 2.91 bits per heavy atom. The van der Waals surface area contributed by atoms with Gasteiger partial charge in [-0.2, -0.15) is 0 Å². The molecular formula is C15H24N4O2S. The van der Waals surface area contributed by atoms with Gasteiger partial charge in [0.05, 0.1) is 6.10 Å². The molecule has 0 unspecified atom stereocenters. The lowest BCUT2D eigenvalue weighted by Crippen LogP contribution is -2.45. The van der Waals surface area contributed by atoms with Gasteiger partial charge in [0.25, 0.3) is 0 Å². The highest BCUT2D eigenvalue weighted by atomic mass is 32.1. The second-order valence-corrected chi connectivity index (χ2v) is 7.02. The van der Waals surface area contributed by atoms with E-state index < -0.39 is 0 Å². The topological polar surface area (TPSA) is 68.7 Å². The first-order valence-corrected chi connectivity index (χ1v) is 8.94. The average molecular weight is 324 g/mol. The van der Waals surface area contributed by atoms with Crippen LogP contribution in [-0.4, -0.2) is 70.7 Å². The second kappa shape index (κ2) is 7.50. The third kappa shape index (κ3) is 4.04. The summed E-state index contributed by atoms with van der Waals surface area (Å²) in [5.74, 6) is -0.00846. The van der Waals surface area contributed by atoms with Gasteiger partial charge in [0.1, 0.15) is 0 Å². The zero-order valence-corrected chi connectivity index (χ0v) is 13.6. The quantitative estimate of drug-likeness (QED) is 0.846. The highest BCUT2D eigenvalue weighted by Crippen LogP contribution is 2.21. The second-order valence-electron chi connectivity index (χ2n) is 6.13. The van der Waals surface area contributed by atoms with E-state index in [0.29, 0.717) is 24.6 Å². The van der Waals surface area contributed by atoms with Gasteiger partial charge >= 0.3 is 0 Å². The van der Waals surface area contributed by atoms with Crippen molar-refractivity contribution in [2.75, 3.05) is 38.0 Å². The molecule has 0 aliphatic carbocycles. The number of β-amino-alcohol motifs (C(OH)–C–C–N with tert-alkyl or cyclic N) is 1. The molecule has 0 spiro atoms. The number of piperidine rings is 1. The van der Waals surface area contributed by atoms with Gasteiger partial charge in [-0.1, -0.05) is 6.42 Å². The zero-order valence-electron chi connectivity index (χ0n) is 12.8. The smallest absolute Gasteiger partial charge is 0.227 e. The van der Waals surface area contributed by atoms with Gasteiger partial charge < -0.3 is 10.4 Å². The monoisotopic (exact) mass is 324 g/mol. The summed E-state index contributed by atoms with van der Waals surface area (Å²) in [5, 5.41) is 15.6. The number of rotatable bonds is 5. The molecule has 6 nitrogen and oxygen atoms in total. The number of nitrogens with zero attached hydrogens (tertiary/aromatic N) is 3. The van der Waals surface area contributed by atoms with E-state index in [0.717, 1.165) is 19.6 Å². The van der Waals surface area contributed by atoms with Crippen LogP contribution in [0.15, 0.2) is 11.6 Å². The van der Waals surface area contributed by atoms with Crippen molar-refractivity contribution in [3.05, 3.63) is 11.6 Å². The van der Waals surface area contributed by atoms with Gasteiger partial charge in [0, 0.05) is 43.7 Å². The molecule has 1 aromatic rings. The first-order chi connectivity index (χ1) is 10.7. The van der Waals surface area contributed by atoms with Crippen LogP contribution < -0.4 is 5.32 Å². The molecule has 0 aromatic carbocycles. The van der Waals surface area contributed by atoms with E-state index in [4.69, 9.17) is 0 Å². The standard InChI is InChI=1S/C15H24N4O2S/c20-13-11-18(10-12(13)19-6-2-1-3-7-19)8-4-14(21)17-15-16-5-9-22-15/h5,9,12-13,20H,1-4,6-8,10-11H2,(H,16,17,21)/t12-,13-/m1/s1. The zero-order chi connectivity index (χ0) is 15.4. The Kier molecular flexibility index (Phi) is 5.41. The molecule has 7 heteroatoms. The first kappa shape index (κ1) is 15.9. The lowest BCUT2D eigenvalue weighted by molar-refractivity contribution is -0.116. The summed E-state index contributed by atoms with van der Waals surface area (Å²) in [6, 6.07) is 0.238. The Bertz CT molecular complexity index is 476. The minimum Gasteiger partial charge on any atom is -0.390 e. The summed E-state index contributed by atoms with van der Waals surface area (Å²) in [6.45, 7) is 4.43. The molecule has 1 amide bonds. The van der Waals surface area contributed by atoms with Crippen molar-refractivity contribution < 1.29 is 9.90 Å². The molecule has 122 valence electrons. The summed E-state index contributed by atoms with van der Waals surface area (Å²) in [4.78, 5) is 20.6. The van der Waals surface area contributed by atoms with Gasteiger partial charge in [0.15, 0.2) is 5.13 Å². The molecule has 1 aromatic heterocycles. The van der Waals surface area contributed by atoms with Crippen LogP contribution >= 0.6 is 11.3 Å². The minimum absolute atomic E-state index is 0.00846. The number of aliphatic hydroxyl groups is 1. The largest absolute Gasteiger partial charge is 0.390 e.